The van der Waals surface area contributed by atoms with Gasteiger partial charge in [-0.1, -0.05) is 36.4 Å². The first-order valence-corrected chi connectivity index (χ1v) is 16.8. The van der Waals surface area contributed by atoms with Gasteiger partial charge in [-0.25, -0.2) is 4.39 Å². The average molecular weight is 705 g/mol. The predicted molar refractivity (Wildman–Crippen MR) is 192 cm³/mol. The predicted octanol–water partition coefficient (Wildman–Crippen LogP) is 6.77. The highest BCUT2D eigenvalue weighted by atomic mass is 19.1. The normalized spacial score (nSPS) is 19.9. The molecule has 13 heteroatoms. The van der Waals surface area contributed by atoms with Gasteiger partial charge in [0.25, 0.3) is 11.4 Å². The van der Waals surface area contributed by atoms with Crippen LogP contribution in [0, 0.1) is 26.0 Å². The van der Waals surface area contributed by atoms with Crippen LogP contribution in [-0.2, 0) is 0 Å². The van der Waals surface area contributed by atoms with Crippen molar-refractivity contribution >= 4 is 11.4 Å². The largest absolute Gasteiger partial charge is 0.492 e. The Morgan fingerprint density at radius 2 is 1.12 bits per heavy atom. The molecule has 1 N–H and O–H groups in total. The Bertz CT molecular complexity index is 1650. The van der Waals surface area contributed by atoms with Crippen LogP contribution in [0.15, 0.2) is 109 Å². The van der Waals surface area contributed by atoms with Crippen LogP contribution >= 0.6 is 0 Å². The minimum Gasteiger partial charge on any atom is -0.492 e. The highest BCUT2D eigenvalue weighted by Gasteiger charge is 2.35. The number of halogens is 1. The molecule has 0 aromatic heterocycles. The third kappa shape index (κ3) is 13.6. The van der Waals surface area contributed by atoms with Crippen LogP contribution in [-0.4, -0.2) is 88.4 Å². The van der Waals surface area contributed by atoms with E-state index in [1.807, 2.05) is 67.6 Å². The van der Waals surface area contributed by atoms with Crippen molar-refractivity contribution in [2.75, 3.05) is 52.5 Å². The molecule has 4 aromatic carbocycles. The molecular weight excluding hydrogens is 659 g/mol. The van der Waals surface area contributed by atoms with Gasteiger partial charge in [0.1, 0.15) is 41.9 Å². The number of nitrogens with zero attached hydrogens (tertiary/aromatic N) is 4. The Morgan fingerprint density at radius 1 is 0.667 bits per heavy atom. The number of nitro benzene ring substituents is 2. The van der Waals surface area contributed by atoms with Crippen LogP contribution in [0.1, 0.15) is 26.7 Å². The summed E-state index contributed by atoms with van der Waals surface area (Å²) in [6.45, 7) is 10.5. The quantitative estimate of drug-likeness (QED) is 0.124. The topological polar surface area (TPSA) is 141 Å². The van der Waals surface area contributed by atoms with E-state index in [-0.39, 0.29) is 17.0 Å². The second kappa shape index (κ2) is 18.8. The molecule has 51 heavy (non-hydrogen) atoms. The summed E-state index contributed by atoms with van der Waals surface area (Å²) in [7, 11) is 0. The van der Waals surface area contributed by atoms with Gasteiger partial charge in [0, 0.05) is 70.0 Å². The van der Waals surface area contributed by atoms with E-state index in [1.54, 1.807) is 12.1 Å². The number of hydrogen-bond acceptors (Lipinski definition) is 10. The van der Waals surface area contributed by atoms with Gasteiger partial charge in [0.2, 0.25) is 0 Å². The van der Waals surface area contributed by atoms with E-state index >= 15 is 0 Å². The molecule has 2 aliphatic rings. The number of β-amino-alcohol motifs (C(OH)–C–C–N with tert-alkyl or cyclic N) is 1. The molecule has 0 bridgehead atoms. The molecule has 6 rings (SSSR count). The maximum atomic E-state index is 12.1. The summed E-state index contributed by atoms with van der Waals surface area (Å²) in [5.41, 5.74) is -0.819. The molecule has 4 aromatic rings. The van der Waals surface area contributed by atoms with Crippen LogP contribution in [0.2, 0.25) is 0 Å². The molecule has 0 aliphatic carbocycles. The van der Waals surface area contributed by atoms with E-state index in [4.69, 9.17) is 14.2 Å². The third-order valence-electron chi connectivity index (χ3n) is 8.33. The Kier molecular flexibility index (Phi) is 14.2. The first-order chi connectivity index (χ1) is 24.4. The van der Waals surface area contributed by atoms with Crippen molar-refractivity contribution in [2.24, 2.45) is 0 Å². The summed E-state index contributed by atoms with van der Waals surface area (Å²) in [5, 5.41) is 30.5. The summed E-state index contributed by atoms with van der Waals surface area (Å²) >= 11 is 0. The first-order valence-electron chi connectivity index (χ1n) is 16.8. The van der Waals surface area contributed by atoms with Gasteiger partial charge in [-0.2, -0.15) is 0 Å². The van der Waals surface area contributed by atoms with E-state index < -0.39 is 21.3 Å². The molecule has 0 saturated carbocycles. The number of hydrogen-bond donors (Lipinski definition) is 1. The summed E-state index contributed by atoms with van der Waals surface area (Å²) in [5.74, 6) is 1.99. The fourth-order valence-electron chi connectivity index (χ4n) is 5.63. The third-order valence-corrected chi connectivity index (χ3v) is 8.33. The van der Waals surface area contributed by atoms with Crippen LogP contribution in [0.5, 0.6) is 17.2 Å². The number of likely N-dealkylation sites (tertiary alicyclic amines) is 2. The number of nitro groups is 2. The minimum absolute atomic E-state index is 0.0728. The molecule has 0 amide bonds. The molecule has 0 radical (unpaired) electrons. The van der Waals surface area contributed by atoms with Gasteiger partial charge in [-0.05, 0) is 68.8 Å². The van der Waals surface area contributed by atoms with Crippen molar-refractivity contribution < 1.29 is 33.6 Å². The Hall–Kier alpha value is -5.11. The summed E-state index contributed by atoms with van der Waals surface area (Å²) in [4.78, 5) is 24.3. The highest BCUT2D eigenvalue weighted by Crippen LogP contribution is 2.29. The van der Waals surface area contributed by atoms with E-state index in [2.05, 4.69) is 16.7 Å². The molecule has 2 heterocycles. The van der Waals surface area contributed by atoms with Crippen molar-refractivity contribution in [3.8, 4) is 17.2 Å². The lowest BCUT2D eigenvalue weighted by atomic mass is 10.1. The van der Waals surface area contributed by atoms with Gasteiger partial charge < -0.3 is 19.3 Å². The first kappa shape index (κ1) is 38.7. The van der Waals surface area contributed by atoms with Gasteiger partial charge in [-0.15, -0.1) is 0 Å². The standard InChI is InChI=1S/C19H22N2O4.C13H19NO2.C6H4FNO2/c1-19(25-18-9-7-16(8-10-18)21(22)23)11-12-20(15-19)13-14-24-17-5-3-2-4-6-17;1-13(15)7-8-14(11-13)9-10-16-12-5-3-2-4-6-12;7-5-1-3-6(4-2-5)8(9)10/h2-10H,11-15H2,1H3;2-6,15H,7-11H2,1H3;1-4H. The van der Waals surface area contributed by atoms with Crippen molar-refractivity contribution in [1.82, 2.24) is 9.80 Å². The number of benzene rings is 4. The van der Waals surface area contributed by atoms with Crippen molar-refractivity contribution in [3.05, 3.63) is 135 Å². The van der Waals surface area contributed by atoms with Crippen LogP contribution in [0.4, 0.5) is 15.8 Å². The van der Waals surface area contributed by atoms with Gasteiger partial charge in [0.05, 0.1) is 15.4 Å². The maximum absolute atomic E-state index is 12.1. The number of aliphatic hydroxyl groups is 1. The lowest BCUT2D eigenvalue weighted by Crippen LogP contribution is -2.37. The molecule has 2 aliphatic heterocycles. The zero-order chi connectivity index (χ0) is 36.7. The molecule has 2 unspecified atom stereocenters. The lowest BCUT2D eigenvalue weighted by Gasteiger charge is -2.26. The fraction of sp³-hybridized carbons (Fsp3) is 0.368. The number of rotatable bonds is 12. The molecule has 2 saturated heterocycles. The van der Waals surface area contributed by atoms with E-state index in [0.717, 1.165) is 87.9 Å². The van der Waals surface area contributed by atoms with Crippen LogP contribution in [0.3, 0.4) is 0 Å². The second-order valence-electron chi connectivity index (χ2n) is 12.9. The molecule has 0 spiro atoms. The smallest absolute Gasteiger partial charge is 0.269 e. The van der Waals surface area contributed by atoms with Crippen molar-refractivity contribution in [2.45, 2.75) is 37.9 Å². The molecule has 2 fully saturated rings. The van der Waals surface area contributed by atoms with Crippen molar-refractivity contribution in [1.29, 1.82) is 0 Å². The molecule has 272 valence electrons. The SMILES string of the molecule is CC1(O)CCN(CCOc2ccccc2)C1.CC1(Oc2ccc([N+](=O)[O-])cc2)CCN(CCOc2ccccc2)C1.O=[N+]([O-])c1ccc(F)cc1. The lowest BCUT2D eigenvalue weighted by molar-refractivity contribution is -0.385. The van der Waals surface area contributed by atoms with E-state index in [9.17, 15) is 29.7 Å². The van der Waals surface area contributed by atoms with Gasteiger partial charge in [-0.3, -0.25) is 30.0 Å². The number of non-ortho nitro benzene ring substituents is 2. The average Bonchev–Trinajstić information content (AvgIpc) is 3.66. The summed E-state index contributed by atoms with van der Waals surface area (Å²) < 4.78 is 29.6. The van der Waals surface area contributed by atoms with E-state index in [0.29, 0.717) is 19.0 Å². The summed E-state index contributed by atoms with van der Waals surface area (Å²) in [6, 6.07) is 30.2. The monoisotopic (exact) mass is 704 g/mol. The Morgan fingerprint density at radius 3 is 1.57 bits per heavy atom. The zero-order valence-electron chi connectivity index (χ0n) is 28.9. The minimum atomic E-state index is -0.570. The fourth-order valence-corrected chi connectivity index (χ4v) is 5.63. The van der Waals surface area contributed by atoms with Crippen molar-refractivity contribution in [3.63, 3.8) is 0 Å². The number of ether oxygens (including phenoxy) is 3. The Balaban J connectivity index is 0.000000191. The molecular formula is C38H45FN4O8. The Labute approximate surface area is 297 Å². The highest BCUT2D eigenvalue weighted by molar-refractivity contribution is 5.36. The van der Waals surface area contributed by atoms with Crippen LogP contribution in [0.25, 0.3) is 0 Å². The molecule has 2 atom stereocenters. The van der Waals surface area contributed by atoms with Gasteiger partial charge >= 0.3 is 0 Å². The maximum Gasteiger partial charge on any atom is 0.269 e. The zero-order valence-corrected chi connectivity index (χ0v) is 28.9. The number of para-hydroxylation sites is 2. The summed E-state index contributed by atoms with van der Waals surface area (Å²) in [6.07, 6.45) is 1.77. The van der Waals surface area contributed by atoms with E-state index in [1.165, 1.54) is 12.1 Å². The van der Waals surface area contributed by atoms with Crippen LogP contribution < -0.4 is 14.2 Å². The van der Waals surface area contributed by atoms with Gasteiger partial charge in [0.15, 0.2) is 0 Å². The second-order valence-corrected chi connectivity index (χ2v) is 12.9. The molecule has 12 nitrogen and oxygen atoms in total.